The molecular formula is C25H20O11. The van der Waals surface area contributed by atoms with Gasteiger partial charge in [-0.2, -0.15) is 0 Å². The van der Waals surface area contributed by atoms with Crippen LogP contribution in [0.1, 0.15) is 21.1 Å². The first-order valence-corrected chi connectivity index (χ1v) is 10.6. The molecule has 0 fully saturated rings. The standard InChI is InChI=1S/C25H20O11/c1-31-24(29)20-9-14(27)22-16(5-3-7-18(22)35-20)33-11-13(26)12-34-17-6-4-8-19-23(17)15(28)10-21(36-19)25(30)32-2/h3-10,13,26H,11-12H2,1-2H3. The number of rotatable bonds is 8. The quantitative estimate of drug-likeness (QED) is 0.358. The molecule has 4 aromatic rings. The van der Waals surface area contributed by atoms with Gasteiger partial charge in [0.05, 0.1) is 14.2 Å². The molecule has 0 aliphatic carbocycles. The number of aliphatic hydroxyl groups excluding tert-OH is 1. The fourth-order valence-electron chi connectivity index (χ4n) is 3.42. The Kier molecular flexibility index (Phi) is 7.02. The molecular weight excluding hydrogens is 476 g/mol. The van der Waals surface area contributed by atoms with Crippen LogP contribution in [0, 0.1) is 0 Å². The summed E-state index contributed by atoms with van der Waals surface area (Å²) in [5.41, 5.74) is -0.821. The normalized spacial score (nSPS) is 11.0. The van der Waals surface area contributed by atoms with E-state index in [4.69, 9.17) is 18.3 Å². The van der Waals surface area contributed by atoms with Crippen molar-refractivity contribution in [2.24, 2.45) is 0 Å². The number of methoxy groups -OCH3 is 2. The Morgan fingerprint density at radius 1 is 0.778 bits per heavy atom. The Bertz CT molecular complexity index is 1450. The van der Waals surface area contributed by atoms with Crippen molar-refractivity contribution in [1.82, 2.24) is 0 Å². The number of carbonyl (C=O) groups excluding carboxylic acids is 2. The summed E-state index contributed by atoms with van der Waals surface area (Å²) in [5.74, 6) is -1.82. The van der Waals surface area contributed by atoms with E-state index in [9.17, 15) is 24.3 Å². The lowest BCUT2D eigenvalue weighted by Crippen LogP contribution is -2.25. The molecule has 2 aromatic carbocycles. The van der Waals surface area contributed by atoms with E-state index in [-0.39, 0.29) is 58.2 Å². The van der Waals surface area contributed by atoms with E-state index in [2.05, 4.69) is 9.47 Å². The largest absolute Gasteiger partial charge is 0.490 e. The van der Waals surface area contributed by atoms with Crippen LogP contribution >= 0.6 is 0 Å². The topological polar surface area (TPSA) is 152 Å². The van der Waals surface area contributed by atoms with Crippen LogP contribution in [0.2, 0.25) is 0 Å². The molecule has 11 nitrogen and oxygen atoms in total. The molecule has 186 valence electrons. The van der Waals surface area contributed by atoms with Gasteiger partial charge in [0.15, 0.2) is 10.9 Å². The molecule has 4 rings (SSSR count). The van der Waals surface area contributed by atoms with E-state index in [1.54, 1.807) is 12.1 Å². The summed E-state index contributed by atoms with van der Waals surface area (Å²) in [7, 11) is 2.33. The maximum Gasteiger partial charge on any atom is 0.374 e. The molecule has 0 unspecified atom stereocenters. The maximum atomic E-state index is 12.5. The van der Waals surface area contributed by atoms with Gasteiger partial charge in [-0.15, -0.1) is 0 Å². The van der Waals surface area contributed by atoms with Gasteiger partial charge in [-0.05, 0) is 24.3 Å². The van der Waals surface area contributed by atoms with Crippen LogP contribution < -0.4 is 20.3 Å². The number of carbonyl (C=O) groups is 2. The number of hydrogen-bond acceptors (Lipinski definition) is 11. The second kappa shape index (κ2) is 10.3. The molecule has 0 saturated carbocycles. The second-order valence-corrected chi connectivity index (χ2v) is 7.47. The van der Waals surface area contributed by atoms with Crippen molar-refractivity contribution in [1.29, 1.82) is 0 Å². The van der Waals surface area contributed by atoms with Crippen molar-refractivity contribution >= 4 is 33.9 Å². The average molecular weight is 496 g/mol. The lowest BCUT2D eigenvalue weighted by atomic mass is 10.2. The Hall–Kier alpha value is -4.64. The van der Waals surface area contributed by atoms with Gasteiger partial charge in [-0.1, -0.05) is 12.1 Å². The number of hydrogen-bond donors (Lipinski definition) is 1. The number of fused-ring (bicyclic) bond motifs is 2. The smallest absolute Gasteiger partial charge is 0.374 e. The van der Waals surface area contributed by atoms with E-state index >= 15 is 0 Å². The third kappa shape index (κ3) is 4.91. The van der Waals surface area contributed by atoms with Crippen LogP contribution in [-0.2, 0) is 9.47 Å². The van der Waals surface area contributed by atoms with Crippen molar-refractivity contribution in [3.05, 3.63) is 80.5 Å². The summed E-state index contributed by atoms with van der Waals surface area (Å²) in [6.45, 7) is -0.521. The van der Waals surface area contributed by atoms with Crippen molar-refractivity contribution in [2.45, 2.75) is 6.10 Å². The first-order valence-electron chi connectivity index (χ1n) is 10.6. The Balaban J connectivity index is 1.48. The SMILES string of the molecule is COC(=O)c1cc(=O)c2c(OCC(O)COc3cccc4oc(C(=O)OC)cc(=O)c34)cccc2o1. The Labute approximate surface area is 202 Å². The molecule has 0 aliphatic rings. The Morgan fingerprint density at radius 3 is 1.58 bits per heavy atom. The highest BCUT2D eigenvalue weighted by atomic mass is 16.5. The molecule has 0 bridgehead atoms. The van der Waals surface area contributed by atoms with Crippen LogP contribution in [0.4, 0.5) is 0 Å². The fourth-order valence-corrected chi connectivity index (χ4v) is 3.42. The molecule has 0 saturated heterocycles. The van der Waals surface area contributed by atoms with Gasteiger partial charge in [-0.25, -0.2) is 9.59 Å². The first kappa shape index (κ1) is 24.5. The van der Waals surface area contributed by atoms with Crippen molar-refractivity contribution in [3.8, 4) is 11.5 Å². The van der Waals surface area contributed by atoms with Gasteiger partial charge in [0.25, 0.3) is 0 Å². The van der Waals surface area contributed by atoms with Gasteiger partial charge >= 0.3 is 11.9 Å². The monoisotopic (exact) mass is 496 g/mol. The molecule has 2 aromatic heterocycles. The highest BCUT2D eigenvalue weighted by molar-refractivity contribution is 5.91. The van der Waals surface area contributed by atoms with Crippen LogP contribution in [0.3, 0.4) is 0 Å². The van der Waals surface area contributed by atoms with Gasteiger partial charge in [-0.3, -0.25) is 9.59 Å². The van der Waals surface area contributed by atoms with Crippen molar-refractivity contribution in [3.63, 3.8) is 0 Å². The zero-order valence-corrected chi connectivity index (χ0v) is 19.1. The highest BCUT2D eigenvalue weighted by Crippen LogP contribution is 2.25. The van der Waals surface area contributed by atoms with E-state index < -0.39 is 28.9 Å². The summed E-state index contributed by atoms with van der Waals surface area (Å²) < 4.78 is 31.2. The van der Waals surface area contributed by atoms with Gasteiger partial charge in [0.1, 0.15) is 52.8 Å². The number of benzene rings is 2. The van der Waals surface area contributed by atoms with E-state index in [0.717, 1.165) is 12.1 Å². The number of esters is 2. The van der Waals surface area contributed by atoms with Crippen LogP contribution in [0.25, 0.3) is 21.9 Å². The minimum Gasteiger partial charge on any atom is -0.490 e. The maximum absolute atomic E-state index is 12.5. The summed E-state index contributed by atoms with van der Waals surface area (Å²) in [4.78, 5) is 48.4. The number of ether oxygens (including phenoxy) is 4. The molecule has 0 atom stereocenters. The zero-order valence-electron chi connectivity index (χ0n) is 19.1. The molecule has 1 N–H and O–H groups in total. The summed E-state index contributed by atoms with van der Waals surface area (Å²) >= 11 is 0. The van der Waals surface area contributed by atoms with Crippen molar-refractivity contribution in [2.75, 3.05) is 27.4 Å². The van der Waals surface area contributed by atoms with Crippen LogP contribution in [0.5, 0.6) is 11.5 Å². The fraction of sp³-hybridized carbons (Fsp3) is 0.200. The summed E-state index contributed by atoms with van der Waals surface area (Å²) in [6.07, 6.45) is -1.15. The molecule has 0 aliphatic heterocycles. The molecule has 0 amide bonds. The highest BCUT2D eigenvalue weighted by Gasteiger charge is 2.18. The van der Waals surface area contributed by atoms with Gasteiger partial charge in [0, 0.05) is 12.1 Å². The zero-order chi connectivity index (χ0) is 25.8. The van der Waals surface area contributed by atoms with E-state index in [1.165, 1.54) is 38.5 Å². The first-order chi connectivity index (χ1) is 17.3. The summed E-state index contributed by atoms with van der Waals surface area (Å²) in [5, 5.41) is 10.6. The lowest BCUT2D eigenvalue weighted by Gasteiger charge is -2.15. The van der Waals surface area contributed by atoms with E-state index in [0.29, 0.717) is 0 Å². The minimum absolute atomic E-state index is 0.0892. The predicted octanol–water partition coefficient (Wildman–Crippen LogP) is 2.29. The van der Waals surface area contributed by atoms with Crippen LogP contribution in [-0.4, -0.2) is 50.6 Å². The number of aliphatic hydroxyl groups is 1. The molecule has 11 heteroatoms. The minimum atomic E-state index is -1.15. The predicted molar refractivity (Wildman–Crippen MR) is 125 cm³/mol. The van der Waals surface area contributed by atoms with Crippen LogP contribution in [0.15, 0.2) is 67.0 Å². The molecule has 2 heterocycles. The third-order valence-corrected chi connectivity index (χ3v) is 5.07. The third-order valence-electron chi connectivity index (χ3n) is 5.07. The van der Waals surface area contributed by atoms with E-state index in [1.807, 2.05) is 0 Å². The molecule has 0 radical (unpaired) electrons. The Morgan fingerprint density at radius 2 is 1.19 bits per heavy atom. The van der Waals surface area contributed by atoms with Gasteiger partial charge < -0.3 is 32.9 Å². The molecule has 0 spiro atoms. The van der Waals surface area contributed by atoms with Crippen molar-refractivity contribution < 1.29 is 42.5 Å². The molecule has 36 heavy (non-hydrogen) atoms. The average Bonchev–Trinajstić information content (AvgIpc) is 2.89. The summed E-state index contributed by atoms with van der Waals surface area (Å²) in [6, 6.07) is 11.1. The van der Waals surface area contributed by atoms with Gasteiger partial charge in [0.2, 0.25) is 11.5 Å². The lowest BCUT2D eigenvalue weighted by molar-refractivity contribution is 0.0557. The second-order valence-electron chi connectivity index (χ2n) is 7.47.